The van der Waals surface area contributed by atoms with Crippen LogP contribution in [0.2, 0.25) is 0 Å². The van der Waals surface area contributed by atoms with Crippen LogP contribution in [0, 0.1) is 20.8 Å². The molecule has 17 heavy (non-hydrogen) atoms. The van der Waals surface area contributed by atoms with E-state index in [2.05, 4.69) is 18.9 Å². The SMILES string of the molecule is CCc1c(C)nn(-c2cccc(C)c2N)c1C. The zero-order valence-corrected chi connectivity index (χ0v) is 10.9. The number of hydrogen-bond donors (Lipinski definition) is 1. The van der Waals surface area contributed by atoms with Gasteiger partial charge in [0.1, 0.15) is 0 Å². The number of nitrogens with two attached hydrogens (primary N) is 1. The molecule has 0 spiro atoms. The van der Waals surface area contributed by atoms with Gasteiger partial charge in [0.05, 0.1) is 17.1 Å². The molecule has 0 atom stereocenters. The first kappa shape index (κ1) is 11.7. The normalized spacial score (nSPS) is 10.8. The fraction of sp³-hybridized carbons (Fsp3) is 0.357. The number of anilines is 1. The Kier molecular flexibility index (Phi) is 2.92. The first-order chi connectivity index (χ1) is 8.06. The van der Waals surface area contributed by atoms with Gasteiger partial charge in [0, 0.05) is 5.69 Å². The molecule has 0 saturated heterocycles. The van der Waals surface area contributed by atoms with Crippen molar-refractivity contribution in [2.24, 2.45) is 0 Å². The van der Waals surface area contributed by atoms with Crippen molar-refractivity contribution in [1.29, 1.82) is 0 Å². The van der Waals surface area contributed by atoms with Crippen molar-refractivity contribution in [3.63, 3.8) is 0 Å². The lowest BCUT2D eigenvalue weighted by molar-refractivity contribution is 0.834. The van der Waals surface area contributed by atoms with E-state index in [4.69, 9.17) is 5.73 Å². The Morgan fingerprint density at radius 1 is 1.24 bits per heavy atom. The average molecular weight is 229 g/mol. The van der Waals surface area contributed by atoms with Gasteiger partial charge in [-0.3, -0.25) is 0 Å². The number of nitrogens with zero attached hydrogens (tertiary/aromatic N) is 2. The van der Waals surface area contributed by atoms with Gasteiger partial charge in [-0.1, -0.05) is 19.1 Å². The predicted octanol–water partition coefficient (Wildman–Crippen LogP) is 2.94. The quantitative estimate of drug-likeness (QED) is 0.805. The zero-order valence-electron chi connectivity index (χ0n) is 10.9. The van der Waals surface area contributed by atoms with Gasteiger partial charge in [0.2, 0.25) is 0 Å². The monoisotopic (exact) mass is 229 g/mol. The largest absolute Gasteiger partial charge is 0.397 e. The van der Waals surface area contributed by atoms with Crippen LogP contribution in [-0.4, -0.2) is 9.78 Å². The van der Waals surface area contributed by atoms with Gasteiger partial charge < -0.3 is 5.73 Å². The summed E-state index contributed by atoms with van der Waals surface area (Å²) in [5.74, 6) is 0. The summed E-state index contributed by atoms with van der Waals surface area (Å²) in [5.41, 5.74) is 12.6. The molecule has 1 aromatic heterocycles. The van der Waals surface area contributed by atoms with Crippen LogP contribution < -0.4 is 5.73 Å². The second-order valence-corrected chi connectivity index (χ2v) is 4.42. The van der Waals surface area contributed by atoms with Gasteiger partial charge in [0.15, 0.2) is 0 Å². The molecule has 0 bridgehead atoms. The number of rotatable bonds is 2. The van der Waals surface area contributed by atoms with E-state index in [1.165, 1.54) is 11.3 Å². The van der Waals surface area contributed by atoms with Crippen molar-refractivity contribution in [3.05, 3.63) is 40.7 Å². The molecule has 1 heterocycles. The molecule has 90 valence electrons. The van der Waals surface area contributed by atoms with Crippen LogP contribution in [0.25, 0.3) is 5.69 Å². The van der Waals surface area contributed by atoms with Crippen molar-refractivity contribution in [1.82, 2.24) is 9.78 Å². The number of para-hydroxylation sites is 1. The van der Waals surface area contributed by atoms with Gasteiger partial charge in [0.25, 0.3) is 0 Å². The lowest BCUT2D eigenvalue weighted by Crippen LogP contribution is -2.04. The van der Waals surface area contributed by atoms with Crippen molar-refractivity contribution >= 4 is 5.69 Å². The van der Waals surface area contributed by atoms with Gasteiger partial charge in [-0.2, -0.15) is 5.10 Å². The smallest absolute Gasteiger partial charge is 0.0880 e. The third kappa shape index (κ3) is 1.82. The highest BCUT2D eigenvalue weighted by molar-refractivity contribution is 5.62. The Morgan fingerprint density at radius 2 is 1.94 bits per heavy atom. The van der Waals surface area contributed by atoms with E-state index in [1.54, 1.807) is 0 Å². The molecule has 2 N–H and O–H groups in total. The van der Waals surface area contributed by atoms with Gasteiger partial charge in [-0.25, -0.2) is 4.68 Å². The summed E-state index contributed by atoms with van der Waals surface area (Å²) >= 11 is 0. The minimum atomic E-state index is 0.806. The fourth-order valence-electron chi connectivity index (χ4n) is 2.27. The third-order valence-electron chi connectivity index (χ3n) is 3.32. The topological polar surface area (TPSA) is 43.8 Å². The fourth-order valence-corrected chi connectivity index (χ4v) is 2.27. The molecule has 1 aromatic carbocycles. The maximum atomic E-state index is 6.12. The van der Waals surface area contributed by atoms with Crippen LogP contribution in [0.4, 0.5) is 5.69 Å². The average Bonchev–Trinajstić information content (AvgIpc) is 2.58. The molecule has 0 radical (unpaired) electrons. The molecule has 2 rings (SSSR count). The Bertz CT molecular complexity index is 553. The predicted molar refractivity (Wildman–Crippen MR) is 71.6 cm³/mol. The molecular formula is C14H19N3. The molecule has 0 saturated carbocycles. The van der Waals surface area contributed by atoms with Crippen LogP contribution >= 0.6 is 0 Å². The van der Waals surface area contributed by atoms with E-state index in [1.807, 2.05) is 36.7 Å². The van der Waals surface area contributed by atoms with E-state index >= 15 is 0 Å². The standard InChI is InChI=1S/C14H19N3/c1-5-12-10(3)16-17(11(12)4)13-8-6-7-9(2)14(13)15/h6-8H,5,15H2,1-4H3. The number of aromatic nitrogens is 2. The van der Waals surface area contributed by atoms with Gasteiger partial charge in [-0.05, 0) is 44.4 Å². The molecule has 0 unspecified atom stereocenters. The molecule has 0 aliphatic carbocycles. The van der Waals surface area contributed by atoms with Crippen LogP contribution in [-0.2, 0) is 6.42 Å². The summed E-state index contributed by atoms with van der Waals surface area (Å²) in [7, 11) is 0. The Balaban J connectivity index is 2.65. The van der Waals surface area contributed by atoms with Crippen molar-refractivity contribution < 1.29 is 0 Å². The molecular weight excluding hydrogens is 210 g/mol. The summed E-state index contributed by atoms with van der Waals surface area (Å²) in [6.07, 6.45) is 1.00. The van der Waals surface area contributed by atoms with Crippen LogP contribution in [0.5, 0.6) is 0 Å². The van der Waals surface area contributed by atoms with Gasteiger partial charge in [-0.15, -0.1) is 0 Å². The maximum absolute atomic E-state index is 6.12. The Labute approximate surface area is 102 Å². The molecule has 0 aliphatic rings. The molecule has 0 amide bonds. The second kappa shape index (κ2) is 4.24. The van der Waals surface area contributed by atoms with E-state index in [0.717, 1.165) is 29.1 Å². The highest BCUT2D eigenvalue weighted by Gasteiger charge is 2.13. The van der Waals surface area contributed by atoms with E-state index < -0.39 is 0 Å². The summed E-state index contributed by atoms with van der Waals surface area (Å²) in [6, 6.07) is 6.05. The van der Waals surface area contributed by atoms with Crippen LogP contribution in [0.1, 0.15) is 29.4 Å². The number of hydrogen-bond acceptors (Lipinski definition) is 2. The van der Waals surface area contributed by atoms with E-state index in [9.17, 15) is 0 Å². The molecule has 0 aliphatic heterocycles. The van der Waals surface area contributed by atoms with Gasteiger partial charge >= 0.3 is 0 Å². The zero-order chi connectivity index (χ0) is 12.6. The van der Waals surface area contributed by atoms with E-state index in [-0.39, 0.29) is 0 Å². The highest BCUT2D eigenvalue weighted by Crippen LogP contribution is 2.24. The number of benzene rings is 1. The first-order valence-corrected chi connectivity index (χ1v) is 5.96. The third-order valence-corrected chi connectivity index (χ3v) is 3.32. The Morgan fingerprint density at radius 3 is 2.53 bits per heavy atom. The lowest BCUT2D eigenvalue weighted by Gasteiger charge is -2.10. The van der Waals surface area contributed by atoms with E-state index in [0.29, 0.717) is 0 Å². The Hall–Kier alpha value is -1.77. The number of aryl methyl sites for hydroxylation is 2. The van der Waals surface area contributed by atoms with Crippen molar-refractivity contribution in [2.45, 2.75) is 34.1 Å². The molecule has 2 aromatic rings. The van der Waals surface area contributed by atoms with Crippen LogP contribution in [0.3, 0.4) is 0 Å². The summed E-state index contributed by atoms with van der Waals surface area (Å²) in [6.45, 7) is 8.32. The van der Waals surface area contributed by atoms with Crippen molar-refractivity contribution in [3.8, 4) is 5.69 Å². The summed E-state index contributed by atoms with van der Waals surface area (Å²) in [5, 5.41) is 4.59. The minimum Gasteiger partial charge on any atom is -0.397 e. The second-order valence-electron chi connectivity index (χ2n) is 4.42. The maximum Gasteiger partial charge on any atom is 0.0880 e. The highest BCUT2D eigenvalue weighted by atomic mass is 15.3. The molecule has 3 heteroatoms. The summed E-state index contributed by atoms with van der Waals surface area (Å²) in [4.78, 5) is 0. The van der Waals surface area contributed by atoms with Crippen LogP contribution in [0.15, 0.2) is 18.2 Å². The first-order valence-electron chi connectivity index (χ1n) is 5.96. The molecule has 3 nitrogen and oxygen atoms in total. The minimum absolute atomic E-state index is 0.806. The molecule has 0 fully saturated rings. The van der Waals surface area contributed by atoms with Crippen molar-refractivity contribution in [2.75, 3.05) is 5.73 Å². The number of nitrogen functional groups attached to an aromatic ring is 1. The lowest BCUT2D eigenvalue weighted by atomic mass is 10.1. The summed E-state index contributed by atoms with van der Waals surface area (Å²) < 4.78 is 1.95.